The summed E-state index contributed by atoms with van der Waals surface area (Å²) in [6, 6.07) is 14.2. The van der Waals surface area contributed by atoms with Crippen molar-refractivity contribution in [2.24, 2.45) is 4.99 Å². The number of benzene rings is 1. The van der Waals surface area contributed by atoms with Gasteiger partial charge in [-0.1, -0.05) is 18.2 Å². The smallest absolute Gasteiger partial charge is 0.216 e. The van der Waals surface area contributed by atoms with Gasteiger partial charge in [-0.15, -0.1) is 35.7 Å². The molecule has 8 heteroatoms. The van der Waals surface area contributed by atoms with Crippen LogP contribution in [0.2, 0.25) is 0 Å². The number of hydrogen-bond donors (Lipinski definition) is 3. The van der Waals surface area contributed by atoms with Gasteiger partial charge in [-0.3, -0.25) is 9.79 Å². The Kier molecular flexibility index (Phi) is 13.3. The van der Waals surface area contributed by atoms with E-state index in [0.717, 1.165) is 43.4 Å². The Morgan fingerprint density at radius 2 is 1.82 bits per heavy atom. The number of nitrogens with one attached hydrogen (secondary N) is 3. The molecule has 0 fully saturated rings. The van der Waals surface area contributed by atoms with Crippen molar-refractivity contribution < 1.29 is 9.21 Å². The van der Waals surface area contributed by atoms with E-state index in [1.54, 1.807) is 6.26 Å². The lowest BCUT2D eigenvalue weighted by Gasteiger charge is -2.12. The zero-order valence-corrected chi connectivity index (χ0v) is 19.3. The van der Waals surface area contributed by atoms with Crippen molar-refractivity contribution in [3.63, 3.8) is 0 Å². The highest BCUT2D eigenvalue weighted by Gasteiger charge is 2.01. The fraction of sp³-hybridized carbons (Fsp3) is 0.400. The molecule has 0 saturated heterocycles. The van der Waals surface area contributed by atoms with E-state index < -0.39 is 0 Å². The highest BCUT2D eigenvalue weighted by molar-refractivity contribution is 14.0. The molecule has 1 amide bonds. The molecule has 0 atom stereocenters. The summed E-state index contributed by atoms with van der Waals surface area (Å²) in [5.41, 5.74) is 0. The molecule has 6 nitrogen and oxygen atoms in total. The standard InChI is InChI=1S/C20H28N4O2S.HI/c1-17(25)21-11-6-12-22-20(23-13-10-18-7-5-15-26-18)24-14-16-27-19-8-3-2-4-9-19;/h2-5,7-9,15H,6,10-14,16H2,1H3,(H,21,25)(H2,22,23,24);1H. The molecular weight excluding hydrogens is 487 g/mol. The lowest BCUT2D eigenvalue weighted by Crippen LogP contribution is -2.39. The highest BCUT2D eigenvalue weighted by Crippen LogP contribution is 2.15. The average Bonchev–Trinajstić information content (AvgIpc) is 3.18. The van der Waals surface area contributed by atoms with Crippen LogP contribution in [0.15, 0.2) is 63.0 Å². The minimum atomic E-state index is -0.00756. The van der Waals surface area contributed by atoms with Crippen LogP contribution in [0.3, 0.4) is 0 Å². The number of aliphatic imine (C=N–C) groups is 1. The SMILES string of the molecule is CC(=O)NCCCN=C(NCCSc1ccccc1)NCCc1ccco1.I. The Balaban J connectivity index is 0.00000392. The van der Waals surface area contributed by atoms with Crippen molar-refractivity contribution in [3.05, 3.63) is 54.5 Å². The number of hydrogen-bond acceptors (Lipinski definition) is 4. The zero-order chi connectivity index (χ0) is 19.2. The zero-order valence-electron chi connectivity index (χ0n) is 16.1. The van der Waals surface area contributed by atoms with Gasteiger partial charge in [-0.25, -0.2) is 0 Å². The molecular formula is C20H29IN4O2S. The fourth-order valence-electron chi connectivity index (χ4n) is 2.32. The van der Waals surface area contributed by atoms with Gasteiger partial charge in [0.25, 0.3) is 0 Å². The molecule has 154 valence electrons. The van der Waals surface area contributed by atoms with Crippen molar-refractivity contribution in [1.82, 2.24) is 16.0 Å². The number of nitrogens with zero attached hydrogens (tertiary/aromatic N) is 1. The maximum atomic E-state index is 10.9. The first-order valence-corrected chi connectivity index (χ1v) is 10.2. The van der Waals surface area contributed by atoms with E-state index in [2.05, 4.69) is 33.1 Å². The Morgan fingerprint density at radius 3 is 2.54 bits per heavy atom. The third-order valence-electron chi connectivity index (χ3n) is 3.63. The fourth-order valence-corrected chi connectivity index (χ4v) is 3.11. The van der Waals surface area contributed by atoms with Crippen LogP contribution in [0.4, 0.5) is 0 Å². The molecule has 0 saturated carbocycles. The van der Waals surface area contributed by atoms with Crippen LogP contribution in [0.25, 0.3) is 0 Å². The predicted octanol–water partition coefficient (Wildman–Crippen LogP) is 3.29. The summed E-state index contributed by atoms with van der Waals surface area (Å²) in [7, 11) is 0. The molecule has 1 aromatic carbocycles. The molecule has 0 aliphatic heterocycles. The summed E-state index contributed by atoms with van der Waals surface area (Å²) >= 11 is 1.81. The van der Waals surface area contributed by atoms with Gasteiger partial charge >= 0.3 is 0 Å². The first kappa shape index (κ1) is 24.4. The van der Waals surface area contributed by atoms with Crippen molar-refractivity contribution >= 4 is 47.6 Å². The maximum absolute atomic E-state index is 10.9. The van der Waals surface area contributed by atoms with E-state index in [-0.39, 0.29) is 29.9 Å². The van der Waals surface area contributed by atoms with Gasteiger partial charge in [0.1, 0.15) is 5.76 Å². The number of carbonyl (C=O) groups excluding carboxylic acids is 1. The topological polar surface area (TPSA) is 78.7 Å². The third kappa shape index (κ3) is 11.2. The van der Waals surface area contributed by atoms with Gasteiger partial charge in [0, 0.05) is 50.2 Å². The Bertz CT molecular complexity index is 681. The second-order valence-corrected chi connectivity index (χ2v) is 7.08. The third-order valence-corrected chi connectivity index (χ3v) is 4.64. The summed E-state index contributed by atoms with van der Waals surface area (Å²) in [6.07, 6.45) is 3.30. The van der Waals surface area contributed by atoms with Crippen LogP contribution < -0.4 is 16.0 Å². The predicted molar refractivity (Wildman–Crippen MR) is 127 cm³/mol. The Labute approximate surface area is 188 Å². The maximum Gasteiger partial charge on any atom is 0.216 e. The van der Waals surface area contributed by atoms with Crippen molar-refractivity contribution in [2.75, 3.05) is 31.9 Å². The molecule has 0 radical (unpaired) electrons. The number of amides is 1. The number of thioether (sulfide) groups is 1. The quantitative estimate of drug-likeness (QED) is 0.141. The summed E-state index contributed by atoms with van der Waals surface area (Å²) in [5, 5.41) is 9.50. The van der Waals surface area contributed by atoms with E-state index in [9.17, 15) is 4.79 Å². The van der Waals surface area contributed by atoms with Crippen molar-refractivity contribution in [2.45, 2.75) is 24.7 Å². The van der Waals surface area contributed by atoms with Gasteiger partial charge in [-0.05, 0) is 30.7 Å². The summed E-state index contributed by atoms with van der Waals surface area (Å²) < 4.78 is 5.35. The largest absolute Gasteiger partial charge is 0.469 e. The van der Waals surface area contributed by atoms with E-state index in [0.29, 0.717) is 13.1 Å². The monoisotopic (exact) mass is 516 g/mol. The lowest BCUT2D eigenvalue weighted by atomic mass is 10.3. The number of guanidine groups is 1. The van der Waals surface area contributed by atoms with E-state index >= 15 is 0 Å². The van der Waals surface area contributed by atoms with Crippen LogP contribution in [-0.2, 0) is 11.2 Å². The minimum absolute atomic E-state index is 0. The molecule has 0 bridgehead atoms. The molecule has 1 aromatic heterocycles. The van der Waals surface area contributed by atoms with Crippen LogP contribution in [0.1, 0.15) is 19.1 Å². The van der Waals surface area contributed by atoms with Crippen LogP contribution >= 0.6 is 35.7 Å². The second kappa shape index (κ2) is 15.3. The van der Waals surface area contributed by atoms with Crippen LogP contribution in [0, 0.1) is 0 Å². The number of furan rings is 1. The number of carbonyl (C=O) groups is 1. The molecule has 2 rings (SSSR count). The number of rotatable bonds is 11. The van der Waals surface area contributed by atoms with Crippen molar-refractivity contribution in [1.29, 1.82) is 0 Å². The highest BCUT2D eigenvalue weighted by atomic mass is 127. The van der Waals surface area contributed by atoms with Crippen LogP contribution in [0.5, 0.6) is 0 Å². The first-order valence-electron chi connectivity index (χ1n) is 9.21. The number of halogens is 1. The van der Waals surface area contributed by atoms with Gasteiger partial charge in [0.2, 0.25) is 5.91 Å². The summed E-state index contributed by atoms with van der Waals surface area (Å²) in [6.45, 7) is 4.39. The first-order chi connectivity index (χ1) is 13.2. The second-order valence-electron chi connectivity index (χ2n) is 5.91. The Hall–Kier alpha value is -1.68. The van der Waals surface area contributed by atoms with Crippen LogP contribution in [-0.4, -0.2) is 43.8 Å². The van der Waals surface area contributed by atoms with Gasteiger partial charge in [-0.2, -0.15) is 0 Å². The molecule has 3 N–H and O–H groups in total. The Morgan fingerprint density at radius 1 is 1.04 bits per heavy atom. The minimum Gasteiger partial charge on any atom is -0.469 e. The summed E-state index contributed by atoms with van der Waals surface area (Å²) in [5.74, 6) is 2.69. The van der Waals surface area contributed by atoms with E-state index in [1.807, 2.05) is 42.1 Å². The van der Waals surface area contributed by atoms with Gasteiger partial charge < -0.3 is 20.4 Å². The lowest BCUT2D eigenvalue weighted by molar-refractivity contribution is -0.118. The van der Waals surface area contributed by atoms with Gasteiger partial charge in [0.15, 0.2) is 5.96 Å². The van der Waals surface area contributed by atoms with E-state index in [4.69, 9.17) is 4.42 Å². The molecule has 1 heterocycles. The molecule has 0 spiro atoms. The summed E-state index contributed by atoms with van der Waals surface area (Å²) in [4.78, 5) is 16.8. The average molecular weight is 516 g/mol. The van der Waals surface area contributed by atoms with E-state index in [1.165, 1.54) is 11.8 Å². The van der Waals surface area contributed by atoms with Crippen molar-refractivity contribution in [3.8, 4) is 0 Å². The normalized spacial score (nSPS) is 10.8. The molecule has 0 unspecified atom stereocenters. The van der Waals surface area contributed by atoms with Gasteiger partial charge in [0.05, 0.1) is 6.26 Å². The molecule has 0 aliphatic rings. The molecule has 2 aromatic rings. The molecule has 0 aliphatic carbocycles. The molecule has 28 heavy (non-hydrogen) atoms.